The average Bonchev–Trinajstić information content (AvgIpc) is 2.29. The molecule has 1 amide bonds. The van der Waals surface area contributed by atoms with Gasteiger partial charge in [-0.2, -0.15) is 0 Å². The van der Waals surface area contributed by atoms with Crippen molar-refractivity contribution in [2.45, 2.75) is 78.4 Å². The second kappa shape index (κ2) is 5.30. The van der Waals surface area contributed by atoms with Crippen LogP contribution in [0.1, 0.15) is 67.2 Å². The molecular weight excluding hydrogens is 252 g/mol. The Kier molecular flexibility index (Phi) is 4.62. The van der Waals surface area contributed by atoms with E-state index in [9.17, 15) is 9.90 Å². The summed E-state index contributed by atoms with van der Waals surface area (Å²) in [7, 11) is 0. The van der Waals surface area contributed by atoms with Crippen molar-refractivity contribution in [3.63, 3.8) is 0 Å². The van der Waals surface area contributed by atoms with Gasteiger partial charge in [0.25, 0.3) is 0 Å². The molecule has 4 heteroatoms. The van der Waals surface area contributed by atoms with Crippen molar-refractivity contribution in [1.29, 1.82) is 0 Å². The molecule has 0 radical (unpaired) electrons. The summed E-state index contributed by atoms with van der Waals surface area (Å²) in [4.78, 5) is 12.3. The van der Waals surface area contributed by atoms with Crippen LogP contribution >= 0.6 is 0 Å². The Morgan fingerprint density at radius 1 is 1.15 bits per heavy atom. The highest BCUT2D eigenvalue weighted by atomic mass is 16.3. The lowest BCUT2D eigenvalue weighted by Crippen LogP contribution is -2.57. The first-order chi connectivity index (χ1) is 8.79. The fourth-order valence-electron chi connectivity index (χ4n) is 2.33. The molecule has 0 spiro atoms. The van der Waals surface area contributed by atoms with Gasteiger partial charge in [-0.3, -0.25) is 4.79 Å². The molecule has 0 aromatic carbocycles. The number of carbonyl (C=O) groups excluding carboxylic acids is 1. The maximum atomic E-state index is 12.3. The Hall–Kier alpha value is -0.610. The van der Waals surface area contributed by atoms with Crippen LogP contribution < -0.4 is 11.1 Å². The number of amides is 1. The van der Waals surface area contributed by atoms with Crippen molar-refractivity contribution in [3.05, 3.63) is 0 Å². The maximum Gasteiger partial charge on any atom is 0.227 e. The Morgan fingerprint density at radius 2 is 1.60 bits per heavy atom. The summed E-state index contributed by atoms with van der Waals surface area (Å²) in [6, 6.07) is 0. The molecule has 0 bridgehead atoms. The fourth-order valence-corrected chi connectivity index (χ4v) is 2.33. The second-order valence-electron chi connectivity index (χ2n) is 8.42. The van der Waals surface area contributed by atoms with Gasteiger partial charge in [0.15, 0.2) is 0 Å². The summed E-state index contributed by atoms with van der Waals surface area (Å²) in [6.07, 6.45) is 3.47. The van der Waals surface area contributed by atoms with Crippen LogP contribution in [0, 0.1) is 10.8 Å². The molecule has 0 aromatic heterocycles. The van der Waals surface area contributed by atoms with Crippen molar-refractivity contribution in [1.82, 2.24) is 5.32 Å². The summed E-state index contributed by atoms with van der Waals surface area (Å²) in [5.41, 5.74) is 4.33. The van der Waals surface area contributed by atoms with E-state index in [4.69, 9.17) is 5.73 Å². The highest BCUT2D eigenvalue weighted by molar-refractivity contribution is 5.83. The monoisotopic (exact) mass is 284 g/mol. The summed E-state index contributed by atoms with van der Waals surface area (Å²) in [5, 5.41) is 13.5. The first-order valence-electron chi connectivity index (χ1n) is 7.59. The van der Waals surface area contributed by atoms with E-state index in [2.05, 4.69) is 19.2 Å². The Labute approximate surface area is 123 Å². The molecule has 0 heterocycles. The third-order valence-electron chi connectivity index (χ3n) is 5.29. The summed E-state index contributed by atoms with van der Waals surface area (Å²) < 4.78 is 0. The molecule has 4 N–H and O–H groups in total. The molecule has 0 aliphatic heterocycles. The number of hydrogen-bond acceptors (Lipinski definition) is 3. The standard InChI is InChI=1S/C16H32N2O2/c1-13(2)7-9-16(20,10-8-13)11-18-12(19)14(3,4)15(5,6)17/h20H,7-11,17H2,1-6H3,(H,18,19). The Bertz CT molecular complexity index is 357. The zero-order valence-corrected chi connectivity index (χ0v) is 14.0. The first kappa shape index (κ1) is 17.4. The molecule has 20 heavy (non-hydrogen) atoms. The normalized spacial score (nSPS) is 22.4. The van der Waals surface area contributed by atoms with Gasteiger partial charge >= 0.3 is 0 Å². The predicted octanol–water partition coefficient (Wildman–Crippen LogP) is 2.20. The minimum absolute atomic E-state index is 0.0942. The van der Waals surface area contributed by atoms with Gasteiger partial charge in [-0.1, -0.05) is 13.8 Å². The SMILES string of the molecule is CC1(C)CCC(O)(CNC(=O)C(C)(C)C(C)(C)N)CC1. The summed E-state index contributed by atoms with van der Waals surface area (Å²) >= 11 is 0. The smallest absolute Gasteiger partial charge is 0.227 e. The molecule has 0 unspecified atom stereocenters. The maximum absolute atomic E-state index is 12.3. The number of nitrogens with one attached hydrogen (secondary N) is 1. The van der Waals surface area contributed by atoms with Crippen LogP contribution in [0.25, 0.3) is 0 Å². The third-order valence-corrected chi connectivity index (χ3v) is 5.29. The molecular formula is C16H32N2O2. The number of rotatable bonds is 4. The van der Waals surface area contributed by atoms with E-state index in [1.165, 1.54) is 0 Å². The van der Waals surface area contributed by atoms with E-state index in [1.54, 1.807) is 0 Å². The van der Waals surface area contributed by atoms with Crippen LogP contribution in [-0.4, -0.2) is 28.7 Å². The molecule has 1 rings (SSSR count). The van der Waals surface area contributed by atoms with Gasteiger partial charge in [0.2, 0.25) is 5.91 Å². The van der Waals surface area contributed by atoms with Gasteiger partial charge in [0, 0.05) is 12.1 Å². The zero-order valence-electron chi connectivity index (χ0n) is 14.0. The molecule has 1 aliphatic carbocycles. The molecule has 0 saturated heterocycles. The Balaban J connectivity index is 2.58. The number of nitrogens with two attached hydrogens (primary N) is 1. The van der Waals surface area contributed by atoms with E-state index in [-0.39, 0.29) is 5.91 Å². The molecule has 0 aromatic rings. The van der Waals surface area contributed by atoms with Crippen LogP contribution in [-0.2, 0) is 4.79 Å². The quantitative estimate of drug-likeness (QED) is 0.741. The van der Waals surface area contributed by atoms with Gasteiger partial charge in [0.1, 0.15) is 0 Å². The van der Waals surface area contributed by atoms with Gasteiger partial charge in [-0.05, 0) is 58.8 Å². The van der Waals surface area contributed by atoms with Gasteiger partial charge in [-0.25, -0.2) is 0 Å². The summed E-state index contributed by atoms with van der Waals surface area (Å²) in [6.45, 7) is 12.2. The van der Waals surface area contributed by atoms with Crippen LogP contribution in [0.5, 0.6) is 0 Å². The van der Waals surface area contributed by atoms with Crippen molar-refractivity contribution in [3.8, 4) is 0 Å². The zero-order chi connectivity index (χ0) is 15.8. The Morgan fingerprint density at radius 3 is 2.00 bits per heavy atom. The topological polar surface area (TPSA) is 75.3 Å². The van der Waals surface area contributed by atoms with E-state index < -0.39 is 16.6 Å². The van der Waals surface area contributed by atoms with Gasteiger partial charge < -0.3 is 16.2 Å². The second-order valence-corrected chi connectivity index (χ2v) is 8.42. The first-order valence-corrected chi connectivity index (χ1v) is 7.59. The molecule has 0 atom stereocenters. The van der Waals surface area contributed by atoms with E-state index in [1.807, 2.05) is 27.7 Å². The van der Waals surface area contributed by atoms with Crippen LogP contribution in [0.2, 0.25) is 0 Å². The van der Waals surface area contributed by atoms with E-state index >= 15 is 0 Å². The molecule has 1 fully saturated rings. The average molecular weight is 284 g/mol. The lowest BCUT2D eigenvalue weighted by Gasteiger charge is -2.42. The van der Waals surface area contributed by atoms with Crippen molar-refractivity contribution in [2.75, 3.05) is 6.54 Å². The van der Waals surface area contributed by atoms with Crippen molar-refractivity contribution in [2.24, 2.45) is 16.6 Å². The molecule has 4 nitrogen and oxygen atoms in total. The lowest BCUT2D eigenvalue weighted by atomic mass is 9.70. The largest absolute Gasteiger partial charge is 0.388 e. The fraction of sp³-hybridized carbons (Fsp3) is 0.938. The van der Waals surface area contributed by atoms with E-state index in [0.29, 0.717) is 12.0 Å². The highest BCUT2D eigenvalue weighted by Crippen LogP contribution is 2.40. The van der Waals surface area contributed by atoms with Crippen molar-refractivity contribution < 1.29 is 9.90 Å². The minimum Gasteiger partial charge on any atom is -0.388 e. The highest BCUT2D eigenvalue weighted by Gasteiger charge is 2.42. The van der Waals surface area contributed by atoms with Gasteiger partial charge in [-0.15, -0.1) is 0 Å². The summed E-state index contributed by atoms with van der Waals surface area (Å²) in [5.74, 6) is -0.0942. The number of hydrogen-bond donors (Lipinski definition) is 3. The molecule has 1 aliphatic rings. The van der Waals surface area contributed by atoms with Crippen LogP contribution in [0.3, 0.4) is 0 Å². The number of aliphatic hydroxyl groups is 1. The van der Waals surface area contributed by atoms with E-state index in [0.717, 1.165) is 25.7 Å². The predicted molar refractivity (Wildman–Crippen MR) is 82.3 cm³/mol. The van der Waals surface area contributed by atoms with Crippen LogP contribution in [0.15, 0.2) is 0 Å². The van der Waals surface area contributed by atoms with Gasteiger partial charge in [0.05, 0.1) is 11.0 Å². The lowest BCUT2D eigenvalue weighted by molar-refractivity contribution is -0.134. The number of carbonyl (C=O) groups is 1. The third kappa shape index (κ3) is 3.95. The van der Waals surface area contributed by atoms with Crippen molar-refractivity contribution >= 4 is 5.91 Å². The van der Waals surface area contributed by atoms with Crippen LogP contribution in [0.4, 0.5) is 0 Å². The molecule has 118 valence electrons. The molecule has 1 saturated carbocycles. The minimum atomic E-state index is -0.764.